The minimum atomic E-state index is -0.185. The number of aryl methyl sites for hydroxylation is 1. The zero-order chi connectivity index (χ0) is 23.5. The van der Waals surface area contributed by atoms with Gasteiger partial charge in [-0.1, -0.05) is 23.4 Å². The van der Waals surface area contributed by atoms with E-state index in [0.29, 0.717) is 22.2 Å². The fourth-order valence-electron chi connectivity index (χ4n) is 3.98. The minimum Gasteiger partial charge on any atom is -0.495 e. The molecule has 176 valence electrons. The lowest BCUT2D eigenvalue weighted by Gasteiger charge is -2.16. The number of nitrogens with one attached hydrogen (secondary N) is 1. The monoisotopic (exact) mass is 506 g/mol. The number of halogens is 1. The normalized spacial score (nSPS) is 13.2. The number of thioether (sulfide) groups is 1. The average Bonchev–Trinajstić information content (AvgIpc) is 3.42. The fraction of sp³-hybridized carbons (Fsp3) is 0.435. The zero-order valence-corrected chi connectivity index (χ0v) is 21.5. The van der Waals surface area contributed by atoms with Gasteiger partial charge < -0.3 is 14.8 Å². The van der Waals surface area contributed by atoms with E-state index in [9.17, 15) is 4.79 Å². The van der Waals surface area contributed by atoms with E-state index in [1.54, 1.807) is 12.1 Å². The minimum absolute atomic E-state index is 0.167. The Morgan fingerprint density at radius 1 is 1.21 bits per heavy atom. The van der Waals surface area contributed by atoms with Gasteiger partial charge in [0.25, 0.3) is 0 Å². The third-order valence-corrected chi connectivity index (χ3v) is 7.89. The summed E-state index contributed by atoms with van der Waals surface area (Å²) in [6.45, 7) is 4.22. The first kappa shape index (κ1) is 23.9. The molecule has 2 heterocycles. The molecule has 0 bridgehead atoms. The van der Waals surface area contributed by atoms with Crippen LogP contribution in [0.15, 0.2) is 22.7 Å². The van der Waals surface area contributed by atoms with Crippen LogP contribution in [0.3, 0.4) is 0 Å². The number of rotatable bonds is 8. The van der Waals surface area contributed by atoms with Crippen molar-refractivity contribution in [2.45, 2.75) is 50.7 Å². The van der Waals surface area contributed by atoms with Crippen molar-refractivity contribution < 1.29 is 14.3 Å². The first-order valence-electron chi connectivity index (χ1n) is 10.8. The SMILES string of the molecule is COc1cc(NC(=O)CSc2nnc(-c3csc4c3CCCC4)n2C(C)C)c(OC)cc1Cl. The second kappa shape index (κ2) is 10.4. The topological polar surface area (TPSA) is 78.3 Å². The van der Waals surface area contributed by atoms with Gasteiger partial charge in [-0.15, -0.1) is 21.5 Å². The summed E-state index contributed by atoms with van der Waals surface area (Å²) in [5.74, 6) is 1.81. The molecule has 0 atom stereocenters. The molecule has 0 unspecified atom stereocenters. The predicted octanol–water partition coefficient (Wildman–Crippen LogP) is 5.87. The highest BCUT2D eigenvalue weighted by Gasteiger charge is 2.24. The number of aromatic nitrogens is 3. The second-order valence-electron chi connectivity index (χ2n) is 8.05. The van der Waals surface area contributed by atoms with Gasteiger partial charge in [0, 0.05) is 34.0 Å². The van der Waals surface area contributed by atoms with Crippen molar-refractivity contribution in [1.82, 2.24) is 14.8 Å². The van der Waals surface area contributed by atoms with Crippen molar-refractivity contribution in [3.63, 3.8) is 0 Å². The maximum atomic E-state index is 12.7. The number of fused-ring (bicyclic) bond motifs is 1. The standard InChI is InChI=1S/C23H27ClN4O3S2/c1-13(2)28-22(15-11-32-20-8-6-5-7-14(15)20)26-27-23(28)33-12-21(29)25-17-10-18(30-3)16(24)9-19(17)31-4/h9-11,13H,5-8,12H2,1-4H3,(H,25,29). The van der Waals surface area contributed by atoms with Crippen molar-refractivity contribution in [3.05, 3.63) is 33.0 Å². The average molecular weight is 507 g/mol. The molecular formula is C23H27ClN4O3S2. The van der Waals surface area contributed by atoms with Crippen LogP contribution in [0, 0.1) is 0 Å². The summed E-state index contributed by atoms with van der Waals surface area (Å²) in [5, 5.41) is 15.2. The summed E-state index contributed by atoms with van der Waals surface area (Å²) in [6.07, 6.45) is 4.71. The summed E-state index contributed by atoms with van der Waals surface area (Å²) in [6, 6.07) is 3.44. The molecule has 1 aromatic carbocycles. The number of amides is 1. The van der Waals surface area contributed by atoms with E-state index < -0.39 is 0 Å². The van der Waals surface area contributed by atoms with Gasteiger partial charge in [-0.2, -0.15) is 0 Å². The largest absolute Gasteiger partial charge is 0.495 e. The van der Waals surface area contributed by atoms with E-state index in [4.69, 9.17) is 21.1 Å². The molecule has 0 radical (unpaired) electrons. The van der Waals surface area contributed by atoms with E-state index in [1.165, 1.54) is 54.8 Å². The predicted molar refractivity (Wildman–Crippen MR) is 134 cm³/mol. The maximum absolute atomic E-state index is 12.7. The van der Waals surface area contributed by atoms with Gasteiger partial charge in [-0.05, 0) is 45.1 Å². The summed E-state index contributed by atoms with van der Waals surface area (Å²) >= 11 is 9.34. The molecule has 1 aliphatic rings. The molecule has 2 aromatic heterocycles. The molecule has 10 heteroatoms. The van der Waals surface area contributed by atoms with Crippen LogP contribution in [-0.4, -0.2) is 40.6 Å². The molecule has 0 fully saturated rings. The number of hydrogen-bond acceptors (Lipinski definition) is 7. The molecule has 33 heavy (non-hydrogen) atoms. The van der Waals surface area contributed by atoms with Crippen LogP contribution < -0.4 is 14.8 Å². The van der Waals surface area contributed by atoms with Crippen molar-refractivity contribution >= 4 is 46.3 Å². The van der Waals surface area contributed by atoms with E-state index in [2.05, 4.69) is 39.3 Å². The maximum Gasteiger partial charge on any atom is 0.234 e. The molecule has 4 rings (SSSR count). The van der Waals surface area contributed by atoms with Gasteiger partial charge in [0.2, 0.25) is 5.91 Å². The summed E-state index contributed by atoms with van der Waals surface area (Å²) < 4.78 is 12.7. The van der Waals surface area contributed by atoms with Crippen LogP contribution in [0.5, 0.6) is 11.5 Å². The first-order valence-corrected chi connectivity index (χ1v) is 13.1. The Morgan fingerprint density at radius 2 is 1.97 bits per heavy atom. The van der Waals surface area contributed by atoms with Gasteiger partial charge in [-0.3, -0.25) is 9.36 Å². The van der Waals surface area contributed by atoms with Crippen molar-refractivity contribution in [2.75, 3.05) is 25.3 Å². The Labute approximate surface area is 206 Å². The Bertz CT molecular complexity index is 1160. The number of thiophene rings is 1. The van der Waals surface area contributed by atoms with Gasteiger partial charge in [-0.25, -0.2) is 0 Å². The van der Waals surface area contributed by atoms with E-state index in [0.717, 1.165) is 23.8 Å². The number of benzene rings is 1. The number of carbonyl (C=O) groups is 1. The van der Waals surface area contributed by atoms with Gasteiger partial charge in [0.15, 0.2) is 11.0 Å². The molecule has 0 saturated carbocycles. The van der Waals surface area contributed by atoms with E-state index in [-0.39, 0.29) is 17.7 Å². The number of methoxy groups -OCH3 is 2. The highest BCUT2D eigenvalue weighted by atomic mass is 35.5. The summed E-state index contributed by atoms with van der Waals surface area (Å²) in [5.41, 5.74) is 3.10. The Balaban J connectivity index is 1.51. The molecule has 7 nitrogen and oxygen atoms in total. The van der Waals surface area contributed by atoms with Crippen LogP contribution in [0.1, 0.15) is 43.2 Å². The molecule has 0 aliphatic heterocycles. The van der Waals surface area contributed by atoms with E-state index in [1.807, 2.05) is 11.3 Å². The van der Waals surface area contributed by atoms with Crippen molar-refractivity contribution in [1.29, 1.82) is 0 Å². The van der Waals surface area contributed by atoms with Crippen LogP contribution in [-0.2, 0) is 17.6 Å². The van der Waals surface area contributed by atoms with Gasteiger partial charge in [0.1, 0.15) is 11.5 Å². The fourth-order valence-corrected chi connectivity index (χ4v) is 6.20. The number of nitrogens with zero attached hydrogens (tertiary/aromatic N) is 3. The van der Waals surface area contributed by atoms with Crippen LogP contribution in [0.25, 0.3) is 11.4 Å². The molecule has 0 saturated heterocycles. The Hall–Kier alpha value is -2.23. The van der Waals surface area contributed by atoms with Crippen LogP contribution >= 0.6 is 34.7 Å². The zero-order valence-electron chi connectivity index (χ0n) is 19.1. The number of ether oxygens (including phenoxy) is 2. The number of carbonyl (C=O) groups excluding carboxylic acids is 1. The molecule has 1 aliphatic carbocycles. The van der Waals surface area contributed by atoms with Crippen molar-refractivity contribution in [2.24, 2.45) is 0 Å². The van der Waals surface area contributed by atoms with Gasteiger partial charge >= 0.3 is 0 Å². The Morgan fingerprint density at radius 3 is 2.70 bits per heavy atom. The lowest BCUT2D eigenvalue weighted by Crippen LogP contribution is -2.16. The van der Waals surface area contributed by atoms with Gasteiger partial charge in [0.05, 0.1) is 30.7 Å². The Kier molecular flexibility index (Phi) is 7.51. The molecule has 3 aromatic rings. The highest BCUT2D eigenvalue weighted by molar-refractivity contribution is 7.99. The number of anilines is 1. The molecular weight excluding hydrogens is 480 g/mol. The van der Waals surface area contributed by atoms with E-state index >= 15 is 0 Å². The second-order valence-corrected chi connectivity index (χ2v) is 10.4. The lowest BCUT2D eigenvalue weighted by molar-refractivity contribution is -0.113. The van der Waals surface area contributed by atoms with Crippen LogP contribution in [0.2, 0.25) is 5.02 Å². The highest BCUT2D eigenvalue weighted by Crippen LogP contribution is 2.38. The smallest absolute Gasteiger partial charge is 0.234 e. The van der Waals surface area contributed by atoms with Crippen molar-refractivity contribution in [3.8, 4) is 22.9 Å². The third kappa shape index (κ3) is 5.00. The first-order chi connectivity index (χ1) is 15.9. The number of hydrogen-bond donors (Lipinski definition) is 1. The van der Waals surface area contributed by atoms with Crippen LogP contribution in [0.4, 0.5) is 5.69 Å². The third-order valence-electron chi connectivity index (χ3n) is 5.56. The molecule has 1 amide bonds. The lowest BCUT2D eigenvalue weighted by atomic mass is 9.95. The summed E-state index contributed by atoms with van der Waals surface area (Å²) in [7, 11) is 3.05. The molecule has 0 spiro atoms. The quantitative estimate of drug-likeness (QED) is 0.385. The molecule has 1 N–H and O–H groups in total. The summed E-state index contributed by atoms with van der Waals surface area (Å²) in [4.78, 5) is 14.2.